The Morgan fingerprint density at radius 1 is 0.386 bits per heavy atom. The first-order valence-corrected chi connectivity index (χ1v) is 27.1. The minimum atomic E-state index is -0.116. The lowest BCUT2D eigenvalue weighted by Crippen LogP contribution is -2.61. The first kappa shape index (κ1) is 46.1. The first-order chi connectivity index (χ1) is 32.6. The van der Waals surface area contributed by atoms with Gasteiger partial charge in [0.1, 0.15) is 5.76 Å². The van der Waals surface area contributed by atoms with Crippen LogP contribution in [0.5, 0.6) is 0 Å². The van der Waals surface area contributed by atoms with E-state index in [0.717, 1.165) is 18.5 Å². The highest BCUT2D eigenvalue weighted by Crippen LogP contribution is 2.58. The number of anilines is 6. The predicted molar refractivity (Wildman–Crippen MR) is 299 cm³/mol. The molecule has 0 spiro atoms. The number of benzene rings is 5. The van der Waals surface area contributed by atoms with E-state index < -0.39 is 0 Å². The minimum absolute atomic E-state index is 0.0336. The van der Waals surface area contributed by atoms with Crippen molar-refractivity contribution in [1.29, 1.82) is 0 Å². The summed E-state index contributed by atoms with van der Waals surface area (Å²) in [5.41, 5.74) is 24.5. The Morgan fingerprint density at radius 2 is 0.814 bits per heavy atom. The standard InChI is InChI=1S/C66H79BN2O/c1-59(2)26-28-61(5,6)46-36-42(22-24-44(46)59)68-51-39-49-48(63(9,10)30-31-64(49,11)12)38-50(51)67-55-52(68)34-41(40-20-18-17-19-21-40)35-53(55)69(43-23-25-45-47(37-43)62(7,8)29-27-60(45,3)4)56-54-57(70-58(56)67)66(15,16)33-32-65(54,13)14/h17-25,34-39H,26-33H2,1-16H3. The molecule has 0 atom stereocenters. The number of hydrogen-bond acceptors (Lipinski definition) is 3. The molecule has 12 rings (SSSR count). The quantitative estimate of drug-likeness (QED) is 0.165. The fraction of sp³-hybridized carbons (Fsp3) is 0.485. The Bertz CT molecular complexity index is 3190. The average Bonchev–Trinajstić information content (AvgIpc) is 3.73. The lowest BCUT2D eigenvalue weighted by Gasteiger charge is -2.48. The van der Waals surface area contributed by atoms with Crippen molar-refractivity contribution < 1.29 is 4.42 Å². The van der Waals surface area contributed by atoms with Crippen LogP contribution >= 0.6 is 0 Å². The van der Waals surface area contributed by atoms with Crippen molar-refractivity contribution in [3.63, 3.8) is 0 Å². The van der Waals surface area contributed by atoms with Crippen LogP contribution < -0.4 is 26.4 Å². The molecule has 0 unspecified atom stereocenters. The summed E-state index contributed by atoms with van der Waals surface area (Å²) < 4.78 is 7.88. The third-order valence-electron chi connectivity index (χ3n) is 19.8. The molecule has 5 aromatic carbocycles. The largest absolute Gasteiger partial charge is 0.472 e. The Morgan fingerprint density at radius 3 is 1.34 bits per heavy atom. The lowest BCUT2D eigenvalue weighted by atomic mass is 9.35. The highest BCUT2D eigenvalue weighted by molar-refractivity contribution is 6.99. The van der Waals surface area contributed by atoms with E-state index in [1.807, 2.05) is 0 Å². The average molecular weight is 927 g/mol. The van der Waals surface area contributed by atoms with Crippen LogP contribution in [0.2, 0.25) is 0 Å². The van der Waals surface area contributed by atoms with Crippen LogP contribution in [-0.2, 0) is 43.3 Å². The zero-order chi connectivity index (χ0) is 49.7. The molecule has 3 heterocycles. The highest BCUT2D eigenvalue weighted by Gasteiger charge is 2.54. The third kappa shape index (κ3) is 6.51. The Labute approximate surface area is 421 Å². The molecule has 0 saturated heterocycles. The van der Waals surface area contributed by atoms with Gasteiger partial charge in [-0.05, 0) is 187 Å². The van der Waals surface area contributed by atoms with E-state index in [0.29, 0.717) is 0 Å². The molecule has 3 nitrogen and oxygen atoms in total. The fourth-order valence-corrected chi connectivity index (χ4v) is 14.6. The molecule has 362 valence electrons. The normalized spacial score (nSPS) is 22.7. The number of hydrogen-bond donors (Lipinski definition) is 0. The molecule has 0 amide bonds. The van der Waals surface area contributed by atoms with E-state index in [4.69, 9.17) is 4.42 Å². The number of furan rings is 1. The molecule has 0 fully saturated rings. The van der Waals surface area contributed by atoms with Crippen molar-refractivity contribution in [3.8, 4) is 11.1 Å². The smallest absolute Gasteiger partial charge is 0.297 e. The van der Waals surface area contributed by atoms with Gasteiger partial charge in [-0.15, -0.1) is 0 Å². The summed E-state index contributed by atoms with van der Waals surface area (Å²) in [5, 5.41) is 0. The van der Waals surface area contributed by atoms with E-state index >= 15 is 0 Å². The van der Waals surface area contributed by atoms with Gasteiger partial charge < -0.3 is 14.2 Å². The van der Waals surface area contributed by atoms with Crippen molar-refractivity contribution in [1.82, 2.24) is 0 Å². The maximum atomic E-state index is 7.88. The van der Waals surface area contributed by atoms with Gasteiger partial charge in [-0.3, -0.25) is 0 Å². The molecule has 0 saturated carbocycles. The van der Waals surface area contributed by atoms with Gasteiger partial charge in [0.25, 0.3) is 6.71 Å². The lowest BCUT2D eigenvalue weighted by molar-refractivity contribution is 0.282. The van der Waals surface area contributed by atoms with Crippen molar-refractivity contribution in [2.24, 2.45) is 0 Å². The molecule has 1 aromatic heterocycles. The summed E-state index contributed by atoms with van der Waals surface area (Å²) in [6.45, 7) is 39.5. The van der Waals surface area contributed by atoms with Gasteiger partial charge in [0, 0.05) is 39.4 Å². The van der Waals surface area contributed by atoms with E-state index in [2.05, 4.69) is 212 Å². The van der Waals surface area contributed by atoms with Crippen molar-refractivity contribution in [2.45, 2.75) is 205 Å². The molecule has 6 aromatic rings. The fourth-order valence-electron chi connectivity index (χ4n) is 14.6. The summed E-state index contributed by atoms with van der Waals surface area (Å²) in [6, 6.07) is 36.8. The molecule has 2 aliphatic heterocycles. The van der Waals surface area contributed by atoms with Crippen LogP contribution in [0.1, 0.15) is 207 Å². The number of nitrogens with zero attached hydrogens (tertiary/aromatic N) is 2. The van der Waals surface area contributed by atoms with Gasteiger partial charge in [-0.1, -0.05) is 159 Å². The summed E-state index contributed by atoms with van der Waals surface area (Å²) in [5.74, 6) is 1.18. The number of rotatable bonds is 3. The second-order valence-electron chi connectivity index (χ2n) is 28.4. The van der Waals surface area contributed by atoms with Crippen molar-refractivity contribution in [2.75, 3.05) is 9.80 Å². The van der Waals surface area contributed by atoms with Crippen LogP contribution in [0.4, 0.5) is 34.1 Å². The van der Waals surface area contributed by atoms with Gasteiger partial charge in [-0.2, -0.15) is 0 Å². The third-order valence-corrected chi connectivity index (χ3v) is 19.8. The maximum absolute atomic E-state index is 7.88. The SMILES string of the molecule is CC1(C)CCC(C)(C)c2cc(N3c4cc5c(cc4B4c6oc7c(c6N(c6ccc8c(c6)C(C)(C)CCC8(C)C)c6cc(-c8ccccc8)cc3c64)C(C)(C)CCC7(C)C)C(C)(C)CCC5(C)C)ccc21. The molecule has 4 heteroatoms. The van der Waals surface area contributed by atoms with Gasteiger partial charge in [0.05, 0.1) is 11.3 Å². The summed E-state index contributed by atoms with van der Waals surface area (Å²) >= 11 is 0. The molecule has 4 aliphatic carbocycles. The summed E-state index contributed by atoms with van der Waals surface area (Å²) in [7, 11) is 0. The molecular formula is C66H79BN2O. The van der Waals surface area contributed by atoms with E-state index in [1.54, 1.807) is 0 Å². The van der Waals surface area contributed by atoms with Gasteiger partial charge in [-0.25, -0.2) is 0 Å². The van der Waals surface area contributed by atoms with Crippen molar-refractivity contribution >= 4 is 57.4 Å². The highest BCUT2D eigenvalue weighted by atomic mass is 16.3. The van der Waals surface area contributed by atoms with Crippen molar-refractivity contribution in [3.05, 3.63) is 136 Å². The zero-order valence-corrected chi connectivity index (χ0v) is 45.7. The second-order valence-corrected chi connectivity index (χ2v) is 28.4. The molecule has 0 bridgehead atoms. The van der Waals surface area contributed by atoms with Gasteiger partial charge in [0.15, 0.2) is 0 Å². The zero-order valence-electron chi connectivity index (χ0n) is 45.7. The predicted octanol–water partition coefficient (Wildman–Crippen LogP) is 16.4. The van der Waals surface area contributed by atoms with E-state index in [1.165, 1.54) is 139 Å². The second kappa shape index (κ2) is 14.4. The van der Waals surface area contributed by atoms with E-state index in [-0.39, 0.29) is 50.0 Å². The molecular weight excluding hydrogens is 848 g/mol. The monoisotopic (exact) mass is 927 g/mol. The van der Waals surface area contributed by atoms with Crippen LogP contribution in [0, 0.1) is 0 Å². The molecule has 70 heavy (non-hydrogen) atoms. The minimum Gasteiger partial charge on any atom is -0.472 e. The summed E-state index contributed by atoms with van der Waals surface area (Å²) in [4.78, 5) is 5.43. The van der Waals surface area contributed by atoms with E-state index in [9.17, 15) is 0 Å². The van der Waals surface area contributed by atoms with Gasteiger partial charge in [0.2, 0.25) is 0 Å². The van der Waals surface area contributed by atoms with Crippen LogP contribution in [-0.4, -0.2) is 6.71 Å². The maximum Gasteiger partial charge on any atom is 0.297 e. The Kier molecular flexibility index (Phi) is 9.48. The first-order valence-electron chi connectivity index (χ1n) is 27.1. The van der Waals surface area contributed by atoms with Crippen LogP contribution in [0.15, 0.2) is 95.4 Å². The van der Waals surface area contributed by atoms with Crippen LogP contribution in [0.3, 0.4) is 0 Å². The Hall–Kier alpha value is -4.96. The summed E-state index contributed by atoms with van der Waals surface area (Å²) in [6.07, 6.45) is 9.26. The molecule has 0 radical (unpaired) electrons. The number of fused-ring (bicyclic) bond motifs is 9. The Balaban J connectivity index is 1.25. The van der Waals surface area contributed by atoms with Crippen LogP contribution in [0.25, 0.3) is 11.1 Å². The topological polar surface area (TPSA) is 19.6 Å². The molecule has 0 N–H and O–H groups in total. The van der Waals surface area contributed by atoms with Gasteiger partial charge >= 0.3 is 0 Å². The molecule has 6 aliphatic rings.